The van der Waals surface area contributed by atoms with Crippen LogP contribution in [-0.2, 0) is 9.78 Å². The third-order valence-corrected chi connectivity index (χ3v) is 3.27. The van der Waals surface area contributed by atoms with Gasteiger partial charge in [-0.1, -0.05) is 0 Å². The summed E-state index contributed by atoms with van der Waals surface area (Å²) in [5, 5.41) is 0. The molecule has 0 unspecified atom stereocenters. The van der Waals surface area contributed by atoms with Crippen molar-refractivity contribution in [2.75, 3.05) is 18.1 Å². The van der Waals surface area contributed by atoms with Crippen LogP contribution in [0, 0.1) is 0 Å². The minimum Gasteiger partial charge on any atom is -0.236 e. The minimum atomic E-state index is 0.130. The van der Waals surface area contributed by atoms with Crippen molar-refractivity contribution in [1.82, 2.24) is 0 Å². The zero-order valence-corrected chi connectivity index (χ0v) is 6.78. The first-order valence-corrected chi connectivity index (χ1v) is 4.95. The molecule has 0 aromatic carbocycles. The smallest absolute Gasteiger partial charge is 0.107 e. The zero-order valence-electron chi connectivity index (χ0n) is 5.97. The highest BCUT2D eigenvalue weighted by atomic mass is 32.2. The van der Waals surface area contributed by atoms with Crippen molar-refractivity contribution < 1.29 is 9.78 Å². The van der Waals surface area contributed by atoms with E-state index in [1.54, 1.807) is 0 Å². The van der Waals surface area contributed by atoms with Crippen LogP contribution in [0.1, 0.15) is 19.3 Å². The Kier molecular flexibility index (Phi) is 1.89. The maximum absolute atomic E-state index is 5.27. The molecule has 3 heteroatoms. The molecule has 10 heavy (non-hydrogen) atoms. The number of hydrogen-bond donors (Lipinski definition) is 0. The Bertz CT molecular complexity index is 113. The molecule has 0 saturated carbocycles. The topological polar surface area (TPSA) is 18.5 Å². The molecule has 0 amide bonds. The second-order valence-corrected chi connectivity index (χ2v) is 4.18. The normalized spacial score (nSPS) is 31.2. The van der Waals surface area contributed by atoms with Crippen molar-refractivity contribution in [2.45, 2.75) is 24.9 Å². The largest absolute Gasteiger partial charge is 0.236 e. The summed E-state index contributed by atoms with van der Waals surface area (Å²) in [4.78, 5) is 10.2. The number of rotatable bonds is 0. The van der Waals surface area contributed by atoms with Gasteiger partial charge < -0.3 is 0 Å². The van der Waals surface area contributed by atoms with Gasteiger partial charge in [0.1, 0.15) is 5.60 Å². The highest BCUT2D eigenvalue weighted by Gasteiger charge is 2.38. The molecule has 0 radical (unpaired) electrons. The van der Waals surface area contributed by atoms with E-state index >= 15 is 0 Å². The molecule has 0 bridgehead atoms. The molecule has 2 saturated heterocycles. The summed E-state index contributed by atoms with van der Waals surface area (Å²) in [6, 6.07) is 0. The van der Waals surface area contributed by atoms with Crippen molar-refractivity contribution in [3.05, 3.63) is 0 Å². The molecule has 2 fully saturated rings. The van der Waals surface area contributed by atoms with E-state index in [2.05, 4.69) is 0 Å². The van der Waals surface area contributed by atoms with E-state index in [-0.39, 0.29) is 5.60 Å². The molecule has 2 rings (SSSR count). The van der Waals surface area contributed by atoms with Gasteiger partial charge >= 0.3 is 0 Å². The molecule has 2 aliphatic rings. The Balaban J connectivity index is 1.98. The van der Waals surface area contributed by atoms with E-state index < -0.39 is 0 Å². The van der Waals surface area contributed by atoms with E-state index in [4.69, 9.17) is 9.78 Å². The predicted molar refractivity (Wildman–Crippen MR) is 40.9 cm³/mol. The van der Waals surface area contributed by atoms with Crippen molar-refractivity contribution in [3.63, 3.8) is 0 Å². The fourth-order valence-corrected chi connectivity index (χ4v) is 2.75. The van der Waals surface area contributed by atoms with E-state index in [0.717, 1.165) is 13.0 Å². The van der Waals surface area contributed by atoms with Crippen molar-refractivity contribution in [2.24, 2.45) is 0 Å². The maximum Gasteiger partial charge on any atom is 0.107 e. The van der Waals surface area contributed by atoms with Crippen molar-refractivity contribution in [1.29, 1.82) is 0 Å². The van der Waals surface area contributed by atoms with Gasteiger partial charge in [0.2, 0.25) is 0 Å². The van der Waals surface area contributed by atoms with Gasteiger partial charge in [-0.2, -0.15) is 11.8 Å². The summed E-state index contributed by atoms with van der Waals surface area (Å²) in [7, 11) is 0. The summed E-state index contributed by atoms with van der Waals surface area (Å²) in [5.74, 6) is 2.48. The molecule has 0 N–H and O–H groups in total. The molecule has 2 heterocycles. The second kappa shape index (κ2) is 2.72. The highest BCUT2D eigenvalue weighted by Crippen LogP contribution is 2.36. The van der Waals surface area contributed by atoms with Gasteiger partial charge in [0.15, 0.2) is 0 Å². The van der Waals surface area contributed by atoms with E-state index in [1.807, 2.05) is 11.8 Å². The standard InChI is InChI=1S/C7H12O2S/c1-4-8-9-7(1)2-5-10-6-3-7/h1-6H2. The van der Waals surface area contributed by atoms with E-state index in [1.165, 1.54) is 24.3 Å². The van der Waals surface area contributed by atoms with Crippen molar-refractivity contribution in [3.8, 4) is 0 Å². The van der Waals surface area contributed by atoms with Gasteiger partial charge in [0.05, 0.1) is 6.61 Å². The Labute approximate surface area is 65.2 Å². The van der Waals surface area contributed by atoms with Crippen LogP contribution >= 0.6 is 11.8 Å². The van der Waals surface area contributed by atoms with Gasteiger partial charge in [-0.15, -0.1) is 0 Å². The molecule has 0 aromatic rings. The quantitative estimate of drug-likeness (QED) is 0.501. The van der Waals surface area contributed by atoms with E-state index in [0.29, 0.717) is 0 Å². The van der Waals surface area contributed by atoms with Crippen LogP contribution in [-0.4, -0.2) is 23.7 Å². The lowest BCUT2D eigenvalue weighted by Crippen LogP contribution is -2.32. The molecule has 0 atom stereocenters. The molecule has 0 aromatic heterocycles. The van der Waals surface area contributed by atoms with Crippen LogP contribution in [0.4, 0.5) is 0 Å². The van der Waals surface area contributed by atoms with Crippen LogP contribution in [0.3, 0.4) is 0 Å². The van der Waals surface area contributed by atoms with Gasteiger partial charge in [-0.3, -0.25) is 0 Å². The fourth-order valence-electron chi connectivity index (χ4n) is 1.51. The summed E-state index contributed by atoms with van der Waals surface area (Å²) < 4.78 is 0. The zero-order chi connectivity index (χ0) is 6.86. The first-order valence-electron chi connectivity index (χ1n) is 3.80. The monoisotopic (exact) mass is 160 g/mol. The Morgan fingerprint density at radius 1 is 1.10 bits per heavy atom. The third kappa shape index (κ3) is 1.18. The van der Waals surface area contributed by atoms with Gasteiger partial charge in [-0.25, -0.2) is 9.78 Å². The molecule has 2 aliphatic heterocycles. The number of hydrogen-bond acceptors (Lipinski definition) is 3. The number of thioether (sulfide) groups is 1. The molecule has 1 spiro atoms. The lowest BCUT2D eigenvalue weighted by Gasteiger charge is -2.28. The second-order valence-electron chi connectivity index (χ2n) is 2.95. The SMILES string of the molecule is C1CC2(CCSCC2)OO1. The van der Waals surface area contributed by atoms with Crippen LogP contribution in [0.25, 0.3) is 0 Å². The molecule has 0 aliphatic carbocycles. The average Bonchev–Trinajstić information content (AvgIpc) is 2.39. The van der Waals surface area contributed by atoms with Crippen LogP contribution in [0.15, 0.2) is 0 Å². The van der Waals surface area contributed by atoms with Gasteiger partial charge in [0.25, 0.3) is 0 Å². The van der Waals surface area contributed by atoms with Gasteiger partial charge in [-0.05, 0) is 24.3 Å². The maximum atomic E-state index is 5.27. The molecular formula is C7H12O2S. The van der Waals surface area contributed by atoms with Crippen LogP contribution in [0.2, 0.25) is 0 Å². The fraction of sp³-hybridized carbons (Fsp3) is 1.00. The van der Waals surface area contributed by atoms with Gasteiger partial charge in [0, 0.05) is 6.42 Å². The molecule has 58 valence electrons. The summed E-state index contributed by atoms with van der Waals surface area (Å²) in [6.07, 6.45) is 3.46. The molecule has 2 nitrogen and oxygen atoms in total. The highest BCUT2D eigenvalue weighted by molar-refractivity contribution is 7.99. The summed E-state index contributed by atoms with van der Waals surface area (Å²) >= 11 is 2.02. The Morgan fingerprint density at radius 2 is 1.90 bits per heavy atom. The van der Waals surface area contributed by atoms with Crippen molar-refractivity contribution >= 4 is 11.8 Å². The van der Waals surface area contributed by atoms with E-state index in [9.17, 15) is 0 Å². The average molecular weight is 160 g/mol. The Morgan fingerprint density at radius 3 is 2.50 bits per heavy atom. The lowest BCUT2D eigenvalue weighted by atomic mass is 9.94. The lowest BCUT2D eigenvalue weighted by molar-refractivity contribution is -0.310. The minimum absolute atomic E-state index is 0.130. The first kappa shape index (κ1) is 6.95. The predicted octanol–water partition coefficient (Wildman–Crippen LogP) is 1.60. The third-order valence-electron chi connectivity index (χ3n) is 2.28. The summed E-state index contributed by atoms with van der Waals surface area (Å²) in [6.45, 7) is 0.796. The summed E-state index contributed by atoms with van der Waals surface area (Å²) in [5.41, 5.74) is 0.130. The Hall–Kier alpha value is 0.270. The van der Waals surface area contributed by atoms with Crippen LogP contribution < -0.4 is 0 Å². The molecular weight excluding hydrogens is 148 g/mol. The van der Waals surface area contributed by atoms with Crippen LogP contribution in [0.5, 0.6) is 0 Å². The first-order chi connectivity index (χ1) is 4.91.